The molecule has 0 unspecified atom stereocenters. The molecule has 1 heterocycles. The van der Waals surface area contributed by atoms with Crippen LogP contribution in [-0.2, 0) is 0 Å². The summed E-state index contributed by atoms with van der Waals surface area (Å²) < 4.78 is 0. The molecule has 0 saturated carbocycles. The number of benzene rings is 2. The molecule has 2 aromatic carbocycles. The first-order valence-corrected chi connectivity index (χ1v) is 5.74. The molecule has 0 amide bonds. The standard InChI is InChI=1S/C14H11N3O2/c18-13-7-6-10(8-14(13)19)12-9-15-17(16-12)11-4-2-1-3-5-11/h1-9,18-19H. The molecule has 0 spiro atoms. The third-order valence-electron chi connectivity index (χ3n) is 2.75. The predicted octanol–water partition coefficient (Wildman–Crippen LogP) is 2.35. The van der Waals surface area contributed by atoms with Crippen molar-refractivity contribution in [2.45, 2.75) is 0 Å². The first-order chi connectivity index (χ1) is 9.24. The molecular formula is C14H11N3O2. The maximum absolute atomic E-state index is 9.48. The second-order valence-corrected chi connectivity index (χ2v) is 4.06. The molecule has 0 aliphatic carbocycles. The van der Waals surface area contributed by atoms with Gasteiger partial charge in [0.15, 0.2) is 11.5 Å². The Morgan fingerprint density at radius 3 is 2.42 bits per heavy atom. The molecule has 0 aliphatic rings. The lowest BCUT2D eigenvalue weighted by molar-refractivity contribution is 0.404. The van der Waals surface area contributed by atoms with Crippen LogP contribution in [0.1, 0.15) is 0 Å². The van der Waals surface area contributed by atoms with Crippen molar-refractivity contribution in [2.75, 3.05) is 0 Å². The van der Waals surface area contributed by atoms with E-state index in [4.69, 9.17) is 0 Å². The number of aromatic hydroxyl groups is 2. The Morgan fingerprint density at radius 2 is 1.68 bits per heavy atom. The van der Waals surface area contributed by atoms with E-state index in [0.29, 0.717) is 11.3 Å². The van der Waals surface area contributed by atoms with Crippen molar-refractivity contribution in [1.82, 2.24) is 15.0 Å². The highest BCUT2D eigenvalue weighted by Gasteiger charge is 2.07. The van der Waals surface area contributed by atoms with Gasteiger partial charge in [0.2, 0.25) is 0 Å². The highest BCUT2D eigenvalue weighted by atomic mass is 16.3. The fraction of sp³-hybridized carbons (Fsp3) is 0. The van der Waals surface area contributed by atoms with Crippen LogP contribution in [0.4, 0.5) is 0 Å². The molecule has 3 rings (SSSR count). The summed E-state index contributed by atoms with van der Waals surface area (Å²) in [4.78, 5) is 1.51. The maximum atomic E-state index is 9.48. The zero-order chi connectivity index (χ0) is 13.2. The van der Waals surface area contributed by atoms with Crippen LogP contribution in [0.5, 0.6) is 11.5 Å². The van der Waals surface area contributed by atoms with E-state index in [-0.39, 0.29) is 11.5 Å². The second kappa shape index (κ2) is 4.45. The average molecular weight is 253 g/mol. The number of phenols is 2. The van der Waals surface area contributed by atoms with Gasteiger partial charge in [0.05, 0.1) is 11.9 Å². The SMILES string of the molecule is Oc1ccc(-c2cnn(-c3ccccc3)n2)cc1O. The number of hydrogen-bond acceptors (Lipinski definition) is 4. The van der Waals surface area contributed by atoms with Crippen LogP contribution in [0.25, 0.3) is 16.9 Å². The summed E-state index contributed by atoms with van der Waals surface area (Å²) in [6, 6.07) is 14.1. The predicted molar refractivity (Wildman–Crippen MR) is 70.1 cm³/mol. The topological polar surface area (TPSA) is 71.2 Å². The van der Waals surface area contributed by atoms with Crippen molar-refractivity contribution in [2.24, 2.45) is 0 Å². The maximum Gasteiger partial charge on any atom is 0.158 e. The summed E-state index contributed by atoms with van der Waals surface area (Å²) in [5, 5.41) is 27.3. The van der Waals surface area contributed by atoms with Crippen LogP contribution in [0.15, 0.2) is 54.7 Å². The minimum Gasteiger partial charge on any atom is -0.504 e. The van der Waals surface area contributed by atoms with E-state index in [2.05, 4.69) is 10.2 Å². The van der Waals surface area contributed by atoms with Gasteiger partial charge in [-0.1, -0.05) is 18.2 Å². The van der Waals surface area contributed by atoms with Gasteiger partial charge < -0.3 is 10.2 Å². The van der Waals surface area contributed by atoms with Crippen LogP contribution in [0.3, 0.4) is 0 Å². The number of nitrogens with zero attached hydrogens (tertiary/aromatic N) is 3. The summed E-state index contributed by atoms with van der Waals surface area (Å²) in [5.74, 6) is -0.328. The molecule has 0 saturated heterocycles. The smallest absolute Gasteiger partial charge is 0.158 e. The van der Waals surface area contributed by atoms with E-state index in [1.807, 2.05) is 30.3 Å². The lowest BCUT2D eigenvalue weighted by atomic mass is 10.1. The fourth-order valence-corrected chi connectivity index (χ4v) is 1.76. The largest absolute Gasteiger partial charge is 0.504 e. The van der Waals surface area contributed by atoms with E-state index in [1.54, 1.807) is 12.3 Å². The van der Waals surface area contributed by atoms with E-state index in [9.17, 15) is 10.2 Å². The van der Waals surface area contributed by atoms with Gasteiger partial charge >= 0.3 is 0 Å². The van der Waals surface area contributed by atoms with E-state index >= 15 is 0 Å². The first kappa shape index (κ1) is 11.3. The fourth-order valence-electron chi connectivity index (χ4n) is 1.76. The summed E-state index contributed by atoms with van der Waals surface area (Å²) in [6.45, 7) is 0. The summed E-state index contributed by atoms with van der Waals surface area (Å²) >= 11 is 0. The van der Waals surface area contributed by atoms with Gasteiger partial charge in [-0.15, -0.1) is 5.10 Å². The van der Waals surface area contributed by atoms with Crippen LogP contribution in [-0.4, -0.2) is 25.2 Å². The molecule has 3 aromatic rings. The molecule has 5 heteroatoms. The Bertz CT molecular complexity index is 708. The molecule has 5 nitrogen and oxygen atoms in total. The van der Waals surface area contributed by atoms with Crippen molar-refractivity contribution < 1.29 is 10.2 Å². The Kier molecular flexibility index (Phi) is 2.64. The van der Waals surface area contributed by atoms with Gasteiger partial charge in [0.25, 0.3) is 0 Å². The molecule has 94 valence electrons. The van der Waals surface area contributed by atoms with Gasteiger partial charge in [-0.3, -0.25) is 0 Å². The van der Waals surface area contributed by atoms with E-state index in [1.165, 1.54) is 16.9 Å². The van der Waals surface area contributed by atoms with E-state index in [0.717, 1.165) is 5.69 Å². The number of para-hydroxylation sites is 1. The summed E-state index contributed by atoms with van der Waals surface area (Å²) in [5.41, 5.74) is 2.17. The number of phenolic OH excluding ortho intramolecular Hbond substituents is 2. The molecule has 0 atom stereocenters. The molecule has 0 radical (unpaired) electrons. The summed E-state index contributed by atoms with van der Waals surface area (Å²) in [6.07, 6.45) is 1.61. The molecule has 0 bridgehead atoms. The highest BCUT2D eigenvalue weighted by Crippen LogP contribution is 2.29. The van der Waals surface area contributed by atoms with Crippen molar-refractivity contribution in [3.05, 3.63) is 54.7 Å². The molecule has 19 heavy (non-hydrogen) atoms. The van der Waals surface area contributed by atoms with Crippen molar-refractivity contribution in [3.8, 4) is 28.4 Å². The lowest BCUT2D eigenvalue weighted by Gasteiger charge is -2.00. The van der Waals surface area contributed by atoms with Crippen molar-refractivity contribution >= 4 is 0 Å². The molecule has 0 fully saturated rings. The molecular weight excluding hydrogens is 242 g/mol. The van der Waals surface area contributed by atoms with Gasteiger partial charge in [-0.2, -0.15) is 9.90 Å². The van der Waals surface area contributed by atoms with Gasteiger partial charge in [-0.25, -0.2) is 0 Å². The highest BCUT2D eigenvalue weighted by molar-refractivity contribution is 5.62. The Labute approximate surface area is 109 Å². The lowest BCUT2D eigenvalue weighted by Crippen LogP contribution is -1.97. The number of hydrogen-bond donors (Lipinski definition) is 2. The van der Waals surface area contributed by atoms with Gasteiger partial charge in [-0.05, 0) is 30.3 Å². The molecule has 0 aliphatic heterocycles. The molecule has 2 N–H and O–H groups in total. The monoisotopic (exact) mass is 253 g/mol. The second-order valence-electron chi connectivity index (χ2n) is 4.06. The molecule has 1 aromatic heterocycles. The van der Waals surface area contributed by atoms with Crippen molar-refractivity contribution in [3.63, 3.8) is 0 Å². The summed E-state index contributed by atoms with van der Waals surface area (Å²) in [7, 11) is 0. The van der Waals surface area contributed by atoms with Crippen LogP contribution < -0.4 is 0 Å². The Balaban J connectivity index is 1.99. The number of aromatic nitrogens is 3. The minimum atomic E-state index is -0.174. The zero-order valence-corrected chi connectivity index (χ0v) is 9.93. The minimum absolute atomic E-state index is 0.154. The van der Waals surface area contributed by atoms with Crippen LogP contribution in [0.2, 0.25) is 0 Å². The third-order valence-corrected chi connectivity index (χ3v) is 2.75. The van der Waals surface area contributed by atoms with E-state index < -0.39 is 0 Å². The normalized spacial score (nSPS) is 10.5. The number of rotatable bonds is 2. The van der Waals surface area contributed by atoms with Crippen molar-refractivity contribution in [1.29, 1.82) is 0 Å². The quantitative estimate of drug-likeness (QED) is 0.688. The third kappa shape index (κ3) is 2.13. The van der Waals surface area contributed by atoms with Gasteiger partial charge in [0, 0.05) is 5.56 Å². The average Bonchev–Trinajstić information content (AvgIpc) is 2.93. The van der Waals surface area contributed by atoms with Gasteiger partial charge in [0.1, 0.15) is 5.69 Å². The first-order valence-electron chi connectivity index (χ1n) is 5.74. The zero-order valence-electron chi connectivity index (χ0n) is 9.93. The van der Waals surface area contributed by atoms with Crippen LogP contribution in [0, 0.1) is 0 Å². The Hall–Kier alpha value is -2.82. The van der Waals surface area contributed by atoms with Crippen LogP contribution >= 0.6 is 0 Å². The Morgan fingerprint density at radius 1 is 0.895 bits per heavy atom.